The predicted molar refractivity (Wildman–Crippen MR) is 108 cm³/mol. The zero-order valence-electron chi connectivity index (χ0n) is 17.9. The Morgan fingerprint density at radius 2 is 1.19 bits per heavy atom. The molecular weight excluding hydrogens is 513 g/mol. The number of alkyl halides is 6. The van der Waals surface area contributed by atoms with E-state index in [0.29, 0.717) is 30.5 Å². The van der Waals surface area contributed by atoms with Crippen molar-refractivity contribution in [2.45, 2.75) is 31.5 Å². The molecule has 0 fully saturated rings. The van der Waals surface area contributed by atoms with Crippen LogP contribution in [-0.2, 0) is 6.42 Å². The number of hydrogen-bond donors (Lipinski definition) is 0. The normalized spacial score (nSPS) is 12.2. The van der Waals surface area contributed by atoms with E-state index in [1.54, 1.807) is 0 Å². The molecule has 12 heteroatoms. The Morgan fingerprint density at radius 3 is 1.69 bits per heavy atom. The molecule has 0 aliphatic carbocycles. The summed E-state index contributed by atoms with van der Waals surface area (Å²) >= 11 is 0. The fraction of sp³-hybridized carbons (Fsp3) is 0.250. The summed E-state index contributed by atoms with van der Waals surface area (Å²) in [4.78, 5) is 0. The molecule has 0 aromatic heterocycles. The Kier molecular flexibility index (Phi) is 7.85. The highest BCUT2D eigenvalue weighted by atomic mass is 19.4. The molecule has 0 heterocycles. The van der Waals surface area contributed by atoms with Gasteiger partial charge >= 0.3 is 12.3 Å². The highest BCUT2D eigenvalue weighted by Gasteiger charge is 2.61. The van der Waals surface area contributed by atoms with E-state index < -0.39 is 64.9 Å². The molecule has 0 aliphatic heterocycles. The quantitative estimate of drug-likeness (QED) is 0.210. The third-order valence-corrected chi connectivity index (χ3v) is 5.08. The fourth-order valence-corrected chi connectivity index (χ4v) is 3.36. The lowest BCUT2D eigenvalue weighted by Crippen LogP contribution is -2.42. The van der Waals surface area contributed by atoms with E-state index in [2.05, 4.69) is 4.74 Å². The van der Waals surface area contributed by atoms with Gasteiger partial charge in [0.05, 0.1) is 12.2 Å². The van der Waals surface area contributed by atoms with Gasteiger partial charge in [-0.15, -0.1) is 0 Å². The number of ether oxygens (including phenoxy) is 1. The van der Waals surface area contributed by atoms with Crippen LogP contribution in [0.3, 0.4) is 0 Å². The van der Waals surface area contributed by atoms with Gasteiger partial charge in [-0.25, -0.2) is 22.0 Å². The minimum atomic E-state index is -6.29. The van der Waals surface area contributed by atoms with E-state index in [9.17, 15) is 48.3 Å². The van der Waals surface area contributed by atoms with Crippen molar-refractivity contribution in [1.29, 1.82) is 0 Å². The monoisotopic (exact) mass is 528 g/mol. The van der Waals surface area contributed by atoms with Crippen LogP contribution in [-0.4, -0.2) is 19.0 Å². The van der Waals surface area contributed by atoms with E-state index in [0.717, 1.165) is 6.07 Å². The molecule has 1 nitrogen and oxygen atoms in total. The van der Waals surface area contributed by atoms with E-state index in [-0.39, 0.29) is 29.7 Å². The maximum absolute atomic E-state index is 14.7. The van der Waals surface area contributed by atoms with Crippen molar-refractivity contribution in [3.8, 4) is 28.0 Å². The summed E-state index contributed by atoms with van der Waals surface area (Å²) < 4.78 is 151. The largest absolute Gasteiger partial charge is 0.499 e. The van der Waals surface area contributed by atoms with E-state index >= 15 is 0 Å². The maximum Gasteiger partial charge on any atom is 0.499 e. The predicted octanol–water partition coefficient (Wildman–Crippen LogP) is 8.54. The summed E-state index contributed by atoms with van der Waals surface area (Å²) in [5, 5.41) is 0. The zero-order valence-corrected chi connectivity index (χ0v) is 17.9. The molecule has 0 unspecified atom stereocenters. The van der Waals surface area contributed by atoms with Crippen LogP contribution < -0.4 is 4.74 Å². The minimum Gasteiger partial charge on any atom is -0.419 e. The number of benzene rings is 3. The van der Waals surface area contributed by atoms with Crippen LogP contribution in [0.1, 0.15) is 18.4 Å². The van der Waals surface area contributed by atoms with Crippen LogP contribution in [0.15, 0.2) is 42.5 Å². The van der Waals surface area contributed by atoms with Gasteiger partial charge in [0.15, 0.2) is 17.4 Å². The number of halogens is 11. The molecule has 0 spiro atoms. The maximum atomic E-state index is 14.7. The van der Waals surface area contributed by atoms with Crippen molar-refractivity contribution in [3.05, 3.63) is 77.1 Å². The highest BCUT2D eigenvalue weighted by molar-refractivity contribution is 5.72. The zero-order chi connectivity index (χ0) is 26.8. The van der Waals surface area contributed by atoms with Crippen molar-refractivity contribution < 1.29 is 53.0 Å². The summed E-state index contributed by atoms with van der Waals surface area (Å²) in [6, 6.07) is 5.34. The van der Waals surface area contributed by atoms with Crippen molar-refractivity contribution in [2.75, 3.05) is 6.67 Å². The molecular formula is C24H15F11O. The summed E-state index contributed by atoms with van der Waals surface area (Å²) in [7, 11) is 0. The summed E-state index contributed by atoms with van der Waals surface area (Å²) in [6.45, 7) is -0.533. The molecule has 0 saturated carbocycles. The lowest BCUT2D eigenvalue weighted by molar-refractivity contribution is -0.361. The molecule has 0 saturated heterocycles. The van der Waals surface area contributed by atoms with E-state index in [1.165, 1.54) is 12.1 Å². The molecule has 0 amide bonds. The number of aryl methyl sites for hydroxylation is 1. The van der Waals surface area contributed by atoms with Crippen LogP contribution in [0.5, 0.6) is 5.75 Å². The Morgan fingerprint density at radius 1 is 0.639 bits per heavy atom. The van der Waals surface area contributed by atoms with Gasteiger partial charge in [-0.2, -0.15) is 22.0 Å². The molecule has 194 valence electrons. The SMILES string of the molecule is FCCCCc1ccc(-c2cc(F)c(-c3cc(F)c(OC(F)(F)C(F)(F)F)c(F)c3)c(F)c2)c(F)c1. The summed E-state index contributed by atoms with van der Waals surface area (Å²) in [6.07, 6.45) is -11.1. The van der Waals surface area contributed by atoms with Crippen molar-refractivity contribution in [2.24, 2.45) is 0 Å². The second-order valence-electron chi connectivity index (χ2n) is 7.66. The van der Waals surface area contributed by atoms with Gasteiger partial charge in [0.25, 0.3) is 0 Å². The molecule has 3 aromatic rings. The van der Waals surface area contributed by atoms with Crippen LogP contribution in [0.2, 0.25) is 0 Å². The number of unbranched alkanes of at least 4 members (excludes halogenated alkanes) is 1. The van der Waals surface area contributed by atoms with Crippen molar-refractivity contribution in [1.82, 2.24) is 0 Å². The third kappa shape index (κ3) is 5.73. The van der Waals surface area contributed by atoms with Gasteiger partial charge in [0.1, 0.15) is 17.5 Å². The van der Waals surface area contributed by atoms with Gasteiger partial charge in [-0.3, -0.25) is 4.39 Å². The molecule has 0 aliphatic rings. The summed E-state index contributed by atoms with van der Waals surface area (Å²) in [5.41, 5.74) is -1.91. The smallest absolute Gasteiger partial charge is 0.419 e. The molecule has 0 atom stereocenters. The second-order valence-corrected chi connectivity index (χ2v) is 7.66. The lowest BCUT2D eigenvalue weighted by Gasteiger charge is -2.21. The standard InChI is InChI=1S/C24H15F11O/c25-6-2-1-3-12-4-5-15(16(26)7-12)13-8-17(27)21(18(28)9-13)14-10-19(29)22(20(30)11-14)36-24(34,35)23(31,32)33/h4-5,7-11H,1-3,6H2. The minimum absolute atomic E-state index is 0.110. The van der Waals surface area contributed by atoms with Gasteiger partial charge in [0, 0.05) is 5.56 Å². The first-order chi connectivity index (χ1) is 16.7. The van der Waals surface area contributed by atoms with E-state index in [1.807, 2.05) is 0 Å². The van der Waals surface area contributed by atoms with Crippen LogP contribution in [0.4, 0.5) is 48.3 Å². The second kappa shape index (κ2) is 10.4. The van der Waals surface area contributed by atoms with Gasteiger partial charge < -0.3 is 4.74 Å². The highest BCUT2D eigenvalue weighted by Crippen LogP contribution is 2.41. The average Bonchev–Trinajstić information content (AvgIpc) is 2.75. The molecule has 0 radical (unpaired) electrons. The van der Waals surface area contributed by atoms with E-state index in [4.69, 9.17) is 0 Å². The molecule has 0 N–H and O–H groups in total. The first kappa shape index (κ1) is 27.3. The Hall–Kier alpha value is -3.31. The molecule has 36 heavy (non-hydrogen) atoms. The Labute approximate surface area is 197 Å². The van der Waals surface area contributed by atoms with Crippen LogP contribution in [0, 0.1) is 29.1 Å². The van der Waals surface area contributed by atoms with Gasteiger partial charge in [0.2, 0.25) is 0 Å². The molecule has 3 rings (SSSR count). The average molecular weight is 528 g/mol. The lowest BCUT2D eigenvalue weighted by atomic mass is 9.97. The molecule has 0 bridgehead atoms. The Bertz CT molecular complexity index is 1210. The first-order valence-corrected chi connectivity index (χ1v) is 10.2. The third-order valence-electron chi connectivity index (χ3n) is 5.08. The van der Waals surface area contributed by atoms with Crippen molar-refractivity contribution >= 4 is 0 Å². The van der Waals surface area contributed by atoms with Crippen LogP contribution >= 0.6 is 0 Å². The number of rotatable bonds is 8. The van der Waals surface area contributed by atoms with Crippen LogP contribution in [0.25, 0.3) is 22.3 Å². The number of hydrogen-bond acceptors (Lipinski definition) is 1. The fourth-order valence-electron chi connectivity index (χ4n) is 3.36. The molecule has 3 aromatic carbocycles. The van der Waals surface area contributed by atoms with Gasteiger partial charge in [-0.1, -0.05) is 12.1 Å². The van der Waals surface area contributed by atoms with Gasteiger partial charge in [-0.05, 0) is 66.3 Å². The van der Waals surface area contributed by atoms with Crippen molar-refractivity contribution in [3.63, 3.8) is 0 Å². The topological polar surface area (TPSA) is 9.23 Å². The summed E-state index contributed by atoms with van der Waals surface area (Å²) in [5.74, 6) is -9.96. The Balaban J connectivity index is 1.95. The first-order valence-electron chi connectivity index (χ1n) is 10.2.